The number of rotatable bonds is 8. The number of esters is 1. The van der Waals surface area contributed by atoms with E-state index in [-0.39, 0.29) is 5.56 Å². The van der Waals surface area contributed by atoms with E-state index in [0.29, 0.717) is 17.1 Å². The largest absolute Gasteiger partial charge is 0.497 e. The van der Waals surface area contributed by atoms with Crippen LogP contribution in [0.15, 0.2) is 48.5 Å². The minimum absolute atomic E-state index is 0.222. The van der Waals surface area contributed by atoms with E-state index in [2.05, 4.69) is 10.6 Å². The average molecular weight is 400 g/mol. The van der Waals surface area contributed by atoms with E-state index in [4.69, 9.17) is 14.2 Å². The zero-order valence-corrected chi connectivity index (χ0v) is 15.9. The molecule has 0 saturated carbocycles. The third-order valence-electron chi connectivity index (χ3n) is 3.66. The van der Waals surface area contributed by atoms with Gasteiger partial charge in [0.15, 0.2) is 6.61 Å². The van der Waals surface area contributed by atoms with Crippen LogP contribution >= 0.6 is 0 Å². The molecule has 0 bridgehead atoms. The summed E-state index contributed by atoms with van der Waals surface area (Å²) in [4.78, 5) is 47.4. The van der Waals surface area contributed by atoms with Gasteiger partial charge in [-0.25, -0.2) is 0 Å². The minimum Gasteiger partial charge on any atom is -0.497 e. The number of imide groups is 1. The normalized spacial score (nSPS) is 9.86. The molecule has 3 amide bonds. The number of carbonyl (C=O) groups is 4. The van der Waals surface area contributed by atoms with Gasteiger partial charge in [0, 0.05) is 17.2 Å². The maximum atomic E-state index is 12.2. The van der Waals surface area contributed by atoms with Crippen LogP contribution in [0.4, 0.5) is 0 Å². The lowest BCUT2D eigenvalue weighted by molar-refractivity contribution is -0.147. The van der Waals surface area contributed by atoms with Crippen molar-refractivity contribution in [3.8, 4) is 11.5 Å². The van der Waals surface area contributed by atoms with E-state index in [9.17, 15) is 19.2 Å². The highest BCUT2D eigenvalue weighted by atomic mass is 16.5. The fourth-order valence-corrected chi connectivity index (χ4v) is 2.21. The van der Waals surface area contributed by atoms with Crippen molar-refractivity contribution in [3.05, 3.63) is 59.7 Å². The highest BCUT2D eigenvalue weighted by Gasteiger charge is 2.14. The second-order valence-electron chi connectivity index (χ2n) is 5.69. The van der Waals surface area contributed by atoms with Gasteiger partial charge in [-0.2, -0.15) is 0 Å². The summed E-state index contributed by atoms with van der Waals surface area (Å²) in [5.74, 6) is -1.95. The molecule has 0 spiro atoms. The number of hydrogen-bond donors (Lipinski definition) is 2. The number of methoxy groups -OCH3 is 2. The summed E-state index contributed by atoms with van der Waals surface area (Å²) < 4.78 is 14.9. The van der Waals surface area contributed by atoms with Gasteiger partial charge in [-0.05, 0) is 24.3 Å². The first-order chi connectivity index (χ1) is 13.9. The fourth-order valence-electron chi connectivity index (χ4n) is 2.21. The van der Waals surface area contributed by atoms with Gasteiger partial charge in [-0.3, -0.25) is 24.5 Å². The molecular formula is C20H20N2O7. The van der Waals surface area contributed by atoms with E-state index >= 15 is 0 Å². The van der Waals surface area contributed by atoms with Crippen LogP contribution in [0, 0.1) is 0 Å². The van der Waals surface area contributed by atoms with Crippen molar-refractivity contribution in [2.45, 2.75) is 0 Å². The SMILES string of the molecule is COc1cc(OC)cc(C(=O)NCC(=O)OCC(=O)NC(=O)c2ccccc2)c1. The van der Waals surface area contributed by atoms with E-state index in [0.717, 1.165) is 0 Å². The highest BCUT2D eigenvalue weighted by molar-refractivity contribution is 6.05. The molecule has 2 aromatic rings. The van der Waals surface area contributed by atoms with Crippen molar-refractivity contribution < 1.29 is 33.4 Å². The van der Waals surface area contributed by atoms with Crippen LogP contribution in [0.3, 0.4) is 0 Å². The van der Waals surface area contributed by atoms with Crippen LogP contribution in [0.1, 0.15) is 20.7 Å². The topological polar surface area (TPSA) is 120 Å². The van der Waals surface area contributed by atoms with Gasteiger partial charge >= 0.3 is 5.97 Å². The number of carbonyl (C=O) groups excluding carboxylic acids is 4. The van der Waals surface area contributed by atoms with Crippen molar-refractivity contribution in [2.75, 3.05) is 27.4 Å². The third-order valence-corrected chi connectivity index (χ3v) is 3.66. The molecule has 9 heteroatoms. The van der Waals surface area contributed by atoms with E-state index in [1.165, 1.54) is 38.5 Å². The Balaban J connectivity index is 1.78. The van der Waals surface area contributed by atoms with Gasteiger partial charge in [-0.15, -0.1) is 0 Å². The molecule has 0 aliphatic rings. The molecule has 29 heavy (non-hydrogen) atoms. The Morgan fingerprint density at radius 2 is 1.45 bits per heavy atom. The predicted octanol–water partition coefficient (Wildman–Crippen LogP) is 0.933. The zero-order valence-electron chi connectivity index (χ0n) is 15.9. The van der Waals surface area contributed by atoms with Gasteiger partial charge < -0.3 is 19.5 Å². The summed E-state index contributed by atoms with van der Waals surface area (Å²) in [7, 11) is 2.89. The Morgan fingerprint density at radius 3 is 2.03 bits per heavy atom. The Hall–Kier alpha value is -3.88. The maximum Gasteiger partial charge on any atom is 0.325 e. The maximum absolute atomic E-state index is 12.2. The standard InChI is InChI=1S/C20H20N2O7/c1-27-15-8-14(9-16(10-15)28-2)19(25)21-11-18(24)29-12-17(23)22-20(26)13-6-4-3-5-7-13/h3-10H,11-12H2,1-2H3,(H,21,25)(H,22,23,26). The van der Waals surface area contributed by atoms with Crippen LogP contribution in [-0.4, -0.2) is 51.1 Å². The van der Waals surface area contributed by atoms with Gasteiger partial charge in [0.25, 0.3) is 17.7 Å². The molecule has 0 fully saturated rings. The van der Waals surface area contributed by atoms with Crippen molar-refractivity contribution in [3.63, 3.8) is 0 Å². The van der Waals surface area contributed by atoms with Gasteiger partial charge in [0.05, 0.1) is 14.2 Å². The molecule has 0 unspecified atom stereocenters. The van der Waals surface area contributed by atoms with E-state index in [1.54, 1.807) is 24.3 Å². The van der Waals surface area contributed by atoms with Crippen molar-refractivity contribution >= 4 is 23.7 Å². The monoisotopic (exact) mass is 400 g/mol. The molecule has 2 N–H and O–H groups in total. The Morgan fingerprint density at radius 1 is 0.828 bits per heavy atom. The smallest absolute Gasteiger partial charge is 0.325 e. The minimum atomic E-state index is -0.837. The van der Waals surface area contributed by atoms with Crippen molar-refractivity contribution in [1.29, 1.82) is 0 Å². The van der Waals surface area contributed by atoms with Crippen LogP contribution in [0.2, 0.25) is 0 Å². The second kappa shape index (κ2) is 10.5. The van der Waals surface area contributed by atoms with Crippen LogP contribution in [-0.2, 0) is 14.3 Å². The first kappa shape index (κ1) is 21.4. The quantitative estimate of drug-likeness (QED) is 0.633. The van der Waals surface area contributed by atoms with Gasteiger partial charge in [0.2, 0.25) is 0 Å². The molecule has 0 atom stereocenters. The molecule has 0 aromatic heterocycles. The highest BCUT2D eigenvalue weighted by Crippen LogP contribution is 2.22. The zero-order chi connectivity index (χ0) is 21.2. The molecule has 2 rings (SSSR count). The first-order valence-corrected chi connectivity index (χ1v) is 8.49. The molecule has 2 aromatic carbocycles. The predicted molar refractivity (Wildman–Crippen MR) is 102 cm³/mol. The van der Waals surface area contributed by atoms with Crippen LogP contribution in [0.5, 0.6) is 11.5 Å². The molecule has 152 valence electrons. The molecule has 0 saturated heterocycles. The molecule has 0 aliphatic carbocycles. The van der Waals surface area contributed by atoms with Crippen molar-refractivity contribution in [1.82, 2.24) is 10.6 Å². The van der Waals surface area contributed by atoms with Crippen molar-refractivity contribution in [2.24, 2.45) is 0 Å². The molecule has 0 aliphatic heterocycles. The second-order valence-corrected chi connectivity index (χ2v) is 5.69. The van der Waals surface area contributed by atoms with E-state index in [1.807, 2.05) is 0 Å². The molecule has 0 heterocycles. The third kappa shape index (κ3) is 6.65. The Kier molecular flexibility index (Phi) is 7.72. The number of benzene rings is 2. The van der Waals surface area contributed by atoms with Crippen LogP contribution in [0.25, 0.3) is 0 Å². The number of nitrogens with one attached hydrogen (secondary N) is 2. The number of hydrogen-bond acceptors (Lipinski definition) is 7. The number of amides is 3. The first-order valence-electron chi connectivity index (χ1n) is 8.49. The molecule has 9 nitrogen and oxygen atoms in total. The summed E-state index contributed by atoms with van der Waals surface area (Å²) in [6.45, 7) is -1.11. The summed E-state index contributed by atoms with van der Waals surface area (Å²) in [6, 6.07) is 12.7. The summed E-state index contributed by atoms with van der Waals surface area (Å²) in [6.07, 6.45) is 0. The summed E-state index contributed by atoms with van der Waals surface area (Å²) >= 11 is 0. The Labute approximate surface area is 166 Å². The lowest BCUT2D eigenvalue weighted by atomic mass is 10.2. The number of ether oxygens (including phenoxy) is 3. The molecule has 0 radical (unpaired) electrons. The average Bonchev–Trinajstić information content (AvgIpc) is 2.76. The Bertz CT molecular complexity index is 875. The van der Waals surface area contributed by atoms with Gasteiger partial charge in [0.1, 0.15) is 18.0 Å². The summed E-state index contributed by atoms with van der Waals surface area (Å²) in [5.41, 5.74) is 0.522. The van der Waals surface area contributed by atoms with E-state index < -0.39 is 36.8 Å². The van der Waals surface area contributed by atoms with Gasteiger partial charge in [-0.1, -0.05) is 18.2 Å². The fraction of sp³-hybridized carbons (Fsp3) is 0.200. The lowest BCUT2D eigenvalue weighted by Gasteiger charge is -2.09. The lowest BCUT2D eigenvalue weighted by Crippen LogP contribution is -2.36. The molecular weight excluding hydrogens is 380 g/mol. The van der Waals surface area contributed by atoms with Crippen LogP contribution < -0.4 is 20.1 Å². The summed E-state index contributed by atoms with van der Waals surface area (Å²) in [5, 5.41) is 4.47.